The summed E-state index contributed by atoms with van der Waals surface area (Å²) >= 11 is 0. The largest absolute Gasteiger partial charge is 0.238 e. The summed E-state index contributed by atoms with van der Waals surface area (Å²) in [5.74, 6) is -0.373. The molecule has 2 rings (SSSR count). The van der Waals surface area contributed by atoms with Crippen LogP contribution < -0.4 is 5.14 Å². The second-order valence-corrected chi connectivity index (χ2v) is 5.08. The third kappa shape index (κ3) is 2.51. The lowest BCUT2D eigenvalue weighted by molar-refractivity contribution is 0.598. The molecule has 2 N–H and O–H groups in total. The molecule has 0 heterocycles. The first-order chi connectivity index (χ1) is 7.98. The van der Waals surface area contributed by atoms with E-state index in [1.54, 1.807) is 18.2 Å². The fourth-order valence-corrected chi connectivity index (χ4v) is 2.34. The normalized spacial score (nSPS) is 11.4. The van der Waals surface area contributed by atoms with E-state index < -0.39 is 10.0 Å². The second-order valence-electron chi connectivity index (χ2n) is 3.55. The summed E-state index contributed by atoms with van der Waals surface area (Å²) in [5.41, 5.74) is 1.08. The third-order valence-electron chi connectivity index (χ3n) is 2.35. The van der Waals surface area contributed by atoms with Crippen molar-refractivity contribution in [2.45, 2.75) is 4.90 Å². The standard InChI is InChI=1S/C12H10FNO2S/c13-10-7-5-9(6-8-10)11-3-1-2-4-12(11)17(14,15)16/h1-8H,(H2,14,15,16). The van der Waals surface area contributed by atoms with Crippen molar-refractivity contribution in [2.75, 3.05) is 0 Å². The summed E-state index contributed by atoms with van der Waals surface area (Å²) in [7, 11) is -3.79. The Labute approximate surface area is 98.8 Å². The van der Waals surface area contributed by atoms with Gasteiger partial charge in [-0.2, -0.15) is 0 Å². The fourth-order valence-electron chi connectivity index (χ4n) is 1.58. The Balaban J connectivity index is 2.64. The van der Waals surface area contributed by atoms with Crippen LogP contribution in [0.25, 0.3) is 11.1 Å². The summed E-state index contributed by atoms with van der Waals surface area (Å²) in [4.78, 5) is 0.0339. The maximum Gasteiger partial charge on any atom is 0.238 e. The second kappa shape index (κ2) is 4.27. The first kappa shape index (κ1) is 11.8. The maximum absolute atomic E-state index is 12.8. The van der Waals surface area contributed by atoms with Crippen molar-refractivity contribution >= 4 is 10.0 Å². The Hall–Kier alpha value is -1.72. The topological polar surface area (TPSA) is 60.2 Å². The summed E-state index contributed by atoms with van der Waals surface area (Å²) < 4.78 is 35.6. The van der Waals surface area contributed by atoms with Gasteiger partial charge in [0.1, 0.15) is 5.82 Å². The summed E-state index contributed by atoms with van der Waals surface area (Å²) in [6.07, 6.45) is 0. The van der Waals surface area contributed by atoms with E-state index in [2.05, 4.69) is 0 Å². The highest BCUT2D eigenvalue weighted by Crippen LogP contribution is 2.26. The minimum atomic E-state index is -3.79. The SMILES string of the molecule is NS(=O)(=O)c1ccccc1-c1ccc(F)cc1. The number of hydrogen-bond donors (Lipinski definition) is 1. The molecule has 0 amide bonds. The van der Waals surface area contributed by atoms with Gasteiger partial charge in [-0.25, -0.2) is 17.9 Å². The number of nitrogens with two attached hydrogens (primary N) is 1. The Morgan fingerprint density at radius 1 is 0.941 bits per heavy atom. The Morgan fingerprint density at radius 2 is 1.53 bits per heavy atom. The quantitative estimate of drug-likeness (QED) is 0.888. The minimum Gasteiger partial charge on any atom is -0.225 e. The van der Waals surface area contributed by atoms with Gasteiger partial charge >= 0.3 is 0 Å². The molecule has 88 valence electrons. The van der Waals surface area contributed by atoms with E-state index in [-0.39, 0.29) is 10.7 Å². The molecule has 0 aliphatic carbocycles. The van der Waals surface area contributed by atoms with Crippen molar-refractivity contribution in [2.24, 2.45) is 5.14 Å². The molecule has 0 saturated carbocycles. The summed E-state index contributed by atoms with van der Waals surface area (Å²) in [6.45, 7) is 0. The molecule has 0 atom stereocenters. The predicted octanol–water partition coefficient (Wildman–Crippen LogP) is 2.14. The van der Waals surface area contributed by atoms with E-state index in [0.717, 1.165) is 0 Å². The fraction of sp³-hybridized carbons (Fsp3) is 0. The molecular formula is C12H10FNO2S. The summed E-state index contributed by atoms with van der Waals surface area (Å²) in [6, 6.07) is 11.9. The highest BCUT2D eigenvalue weighted by Gasteiger charge is 2.14. The zero-order valence-electron chi connectivity index (χ0n) is 8.80. The maximum atomic E-state index is 12.8. The monoisotopic (exact) mass is 251 g/mol. The number of hydrogen-bond acceptors (Lipinski definition) is 2. The summed E-state index contributed by atoms with van der Waals surface area (Å²) in [5, 5.41) is 5.12. The van der Waals surface area contributed by atoms with Crippen molar-refractivity contribution in [3.63, 3.8) is 0 Å². The van der Waals surface area contributed by atoms with Gasteiger partial charge in [0.15, 0.2) is 0 Å². The number of benzene rings is 2. The van der Waals surface area contributed by atoms with Crippen LogP contribution in [0, 0.1) is 5.82 Å². The highest BCUT2D eigenvalue weighted by molar-refractivity contribution is 7.89. The van der Waals surface area contributed by atoms with Crippen molar-refractivity contribution in [1.29, 1.82) is 0 Å². The molecule has 0 bridgehead atoms. The molecule has 0 aromatic heterocycles. The molecule has 0 radical (unpaired) electrons. The highest BCUT2D eigenvalue weighted by atomic mass is 32.2. The molecule has 0 saturated heterocycles. The van der Waals surface area contributed by atoms with Crippen molar-refractivity contribution in [3.8, 4) is 11.1 Å². The predicted molar refractivity (Wildman–Crippen MR) is 63.2 cm³/mol. The van der Waals surface area contributed by atoms with Crippen molar-refractivity contribution in [1.82, 2.24) is 0 Å². The number of rotatable bonds is 2. The molecule has 0 aliphatic rings. The van der Waals surface area contributed by atoms with E-state index in [9.17, 15) is 12.8 Å². The average Bonchev–Trinajstić information content (AvgIpc) is 2.29. The van der Waals surface area contributed by atoms with Crippen LogP contribution in [-0.4, -0.2) is 8.42 Å². The van der Waals surface area contributed by atoms with Crippen LogP contribution in [-0.2, 0) is 10.0 Å². The van der Waals surface area contributed by atoms with E-state index in [0.29, 0.717) is 11.1 Å². The van der Waals surface area contributed by atoms with Gasteiger partial charge in [0.25, 0.3) is 0 Å². The van der Waals surface area contributed by atoms with Gasteiger partial charge in [0, 0.05) is 5.56 Å². The smallest absolute Gasteiger partial charge is 0.225 e. The van der Waals surface area contributed by atoms with Gasteiger partial charge in [0.05, 0.1) is 4.90 Å². The zero-order chi connectivity index (χ0) is 12.5. The van der Waals surface area contributed by atoms with Gasteiger partial charge in [0.2, 0.25) is 10.0 Å². The van der Waals surface area contributed by atoms with E-state index in [4.69, 9.17) is 5.14 Å². The lowest BCUT2D eigenvalue weighted by atomic mass is 10.1. The molecule has 3 nitrogen and oxygen atoms in total. The lowest BCUT2D eigenvalue weighted by Gasteiger charge is -2.07. The van der Waals surface area contributed by atoms with Gasteiger partial charge in [-0.3, -0.25) is 0 Å². The van der Waals surface area contributed by atoms with Crippen LogP contribution in [0.15, 0.2) is 53.4 Å². The first-order valence-corrected chi connectivity index (χ1v) is 6.41. The van der Waals surface area contributed by atoms with Crippen LogP contribution >= 0.6 is 0 Å². The number of sulfonamides is 1. The van der Waals surface area contributed by atoms with Crippen LogP contribution in [0.3, 0.4) is 0 Å². The molecule has 2 aromatic rings. The molecule has 0 fully saturated rings. The molecule has 0 spiro atoms. The van der Waals surface area contributed by atoms with Gasteiger partial charge in [-0.15, -0.1) is 0 Å². The van der Waals surface area contributed by atoms with Crippen LogP contribution in [0.1, 0.15) is 0 Å². The van der Waals surface area contributed by atoms with E-state index in [1.807, 2.05) is 0 Å². The third-order valence-corrected chi connectivity index (χ3v) is 3.32. The average molecular weight is 251 g/mol. The van der Waals surface area contributed by atoms with Gasteiger partial charge in [-0.1, -0.05) is 30.3 Å². The Kier molecular flexibility index (Phi) is 2.95. The van der Waals surface area contributed by atoms with Gasteiger partial charge in [-0.05, 0) is 23.8 Å². The van der Waals surface area contributed by atoms with Gasteiger partial charge < -0.3 is 0 Å². The lowest BCUT2D eigenvalue weighted by Crippen LogP contribution is -2.13. The van der Waals surface area contributed by atoms with Crippen molar-refractivity contribution < 1.29 is 12.8 Å². The van der Waals surface area contributed by atoms with Crippen LogP contribution in [0.2, 0.25) is 0 Å². The molecule has 0 aliphatic heterocycles. The van der Waals surface area contributed by atoms with Crippen LogP contribution in [0.5, 0.6) is 0 Å². The Bertz CT molecular complexity index is 636. The minimum absolute atomic E-state index is 0.0339. The molecule has 17 heavy (non-hydrogen) atoms. The molecule has 0 unspecified atom stereocenters. The molecule has 2 aromatic carbocycles. The number of primary sulfonamides is 1. The molecule has 5 heteroatoms. The van der Waals surface area contributed by atoms with E-state index >= 15 is 0 Å². The van der Waals surface area contributed by atoms with Crippen molar-refractivity contribution in [3.05, 3.63) is 54.3 Å². The van der Waals surface area contributed by atoms with Crippen LogP contribution in [0.4, 0.5) is 4.39 Å². The number of halogens is 1. The Morgan fingerprint density at radius 3 is 2.12 bits per heavy atom. The zero-order valence-corrected chi connectivity index (χ0v) is 9.62. The first-order valence-electron chi connectivity index (χ1n) is 4.86. The molecular weight excluding hydrogens is 241 g/mol. The van der Waals surface area contributed by atoms with E-state index in [1.165, 1.54) is 30.3 Å².